The molecule has 0 unspecified atom stereocenters. The monoisotopic (exact) mass is 348 g/mol. The first-order valence-corrected chi connectivity index (χ1v) is 10.7. The van der Waals surface area contributed by atoms with Gasteiger partial charge in [-0.15, -0.1) is 0 Å². The van der Waals surface area contributed by atoms with E-state index in [4.69, 9.17) is 24.4 Å². The van der Waals surface area contributed by atoms with Gasteiger partial charge in [0.15, 0.2) is 0 Å². The molecule has 0 spiro atoms. The van der Waals surface area contributed by atoms with Crippen LogP contribution in [0.3, 0.4) is 0 Å². The van der Waals surface area contributed by atoms with Crippen molar-refractivity contribution in [3.05, 3.63) is 0 Å². The van der Waals surface area contributed by atoms with E-state index in [1.165, 1.54) is 51.4 Å². The largest absolute Gasteiger partial charge is 0.357 e. The molecule has 2 fully saturated rings. The summed E-state index contributed by atoms with van der Waals surface area (Å²) in [4.78, 5) is 4.81. The summed E-state index contributed by atoms with van der Waals surface area (Å²) < 4.78 is 2.05. The van der Waals surface area contributed by atoms with Gasteiger partial charge in [-0.1, -0.05) is 50.1 Å². The summed E-state index contributed by atoms with van der Waals surface area (Å²) in [5.74, 6) is 0. The number of thiocarbonyl (C=S) groups is 2. The summed E-state index contributed by atoms with van der Waals surface area (Å²) in [5, 5.41) is 0. The van der Waals surface area contributed by atoms with E-state index in [0.717, 1.165) is 34.8 Å². The maximum atomic E-state index is 5.61. The predicted molar refractivity (Wildman–Crippen MR) is 100 cm³/mol. The molecule has 2 nitrogen and oxygen atoms in total. The van der Waals surface area contributed by atoms with Crippen LogP contribution in [0.4, 0.5) is 0 Å². The zero-order chi connectivity index (χ0) is 14.2. The van der Waals surface area contributed by atoms with Crippen molar-refractivity contribution in [3.8, 4) is 0 Å². The lowest BCUT2D eigenvalue weighted by Gasteiger charge is -2.29. The smallest absolute Gasteiger partial charge is 0.147 e. The quantitative estimate of drug-likeness (QED) is 0.459. The number of nitrogens with zero attached hydrogens (tertiary/aromatic N) is 2. The highest BCUT2D eigenvalue weighted by Crippen LogP contribution is 2.30. The highest BCUT2D eigenvalue weighted by molar-refractivity contribution is 8.89. The van der Waals surface area contributed by atoms with Gasteiger partial charge in [0.1, 0.15) is 8.64 Å². The Morgan fingerprint density at radius 3 is 1.15 bits per heavy atom. The lowest BCUT2D eigenvalue weighted by Crippen LogP contribution is -2.32. The van der Waals surface area contributed by atoms with Crippen LogP contribution in [0.2, 0.25) is 0 Å². The van der Waals surface area contributed by atoms with Crippen LogP contribution in [0.25, 0.3) is 0 Å². The third-order valence-corrected chi connectivity index (χ3v) is 7.64. The Bertz CT molecular complexity index is 287. The van der Waals surface area contributed by atoms with Crippen molar-refractivity contribution in [1.29, 1.82) is 0 Å². The topological polar surface area (TPSA) is 6.48 Å². The molecule has 6 heteroatoms. The van der Waals surface area contributed by atoms with Crippen molar-refractivity contribution in [2.24, 2.45) is 0 Å². The molecule has 2 rings (SSSR count). The first-order chi connectivity index (χ1) is 9.77. The molecule has 0 aromatic rings. The zero-order valence-electron chi connectivity index (χ0n) is 12.0. The second kappa shape index (κ2) is 9.49. The highest BCUT2D eigenvalue weighted by atomic mass is 33.1. The van der Waals surface area contributed by atoms with Gasteiger partial charge < -0.3 is 9.80 Å². The minimum absolute atomic E-state index is 1.03. The first-order valence-electron chi connectivity index (χ1n) is 7.70. The molecular weight excluding hydrogens is 324 g/mol. The molecule has 114 valence electrons. The standard InChI is InChI=1S/C14H24N2S4/c17-13-15-9-5-1-2-6-10-16(14(18)20-19-13)12-8-4-3-7-11-15/h1-12H2. The second-order valence-corrected chi connectivity index (χ2v) is 8.90. The number of hydrogen-bond donors (Lipinski definition) is 0. The first kappa shape index (κ1) is 16.8. The van der Waals surface area contributed by atoms with Gasteiger partial charge in [0.25, 0.3) is 0 Å². The SMILES string of the molecule is S=C1SSC(=S)N2CCCCCCN1CCCCCC2. The van der Waals surface area contributed by atoms with Gasteiger partial charge >= 0.3 is 0 Å². The normalized spacial score (nSPS) is 24.2. The van der Waals surface area contributed by atoms with Crippen LogP contribution in [0.15, 0.2) is 0 Å². The molecule has 2 heterocycles. The molecule has 20 heavy (non-hydrogen) atoms. The van der Waals surface area contributed by atoms with Crippen molar-refractivity contribution in [2.45, 2.75) is 51.4 Å². The van der Waals surface area contributed by atoms with E-state index in [2.05, 4.69) is 9.80 Å². The molecule has 0 N–H and O–H groups in total. The average molecular weight is 349 g/mol. The summed E-state index contributed by atoms with van der Waals surface area (Å²) in [5.41, 5.74) is 0. The molecule has 2 saturated heterocycles. The fourth-order valence-electron chi connectivity index (χ4n) is 2.68. The zero-order valence-corrected chi connectivity index (χ0v) is 15.3. The molecule has 0 aliphatic carbocycles. The van der Waals surface area contributed by atoms with Gasteiger partial charge in [-0.05, 0) is 47.3 Å². The van der Waals surface area contributed by atoms with E-state index in [1.54, 1.807) is 21.6 Å². The minimum Gasteiger partial charge on any atom is -0.357 e. The fraction of sp³-hybridized carbons (Fsp3) is 0.857. The Hall–Kier alpha value is 0.480. The van der Waals surface area contributed by atoms with E-state index < -0.39 is 0 Å². The molecule has 0 aromatic carbocycles. The molecule has 2 aliphatic heterocycles. The number of rotatable bonds is 0. The van der Waals surface area contributed by atoms with E-state index in [1.807, 2.05) is 0 Å². The lowest BCUT2D eigenvalue weighted by molar-refractivity contribution is 0.363. The van der Waals surface area contributed by atoms with Crippen molar-refractivity contribution in [1.82, 2.24) is 9.80 Å². The number of fused-ring (bicyclic) bond motifs is 5. The van der Waals surface area contributed by atoms with Crippen LogP contribution in [0.1, 0.15) is 51.4 Å². The van der Waals surface area contributed by atoms with Crippen molar-refractivity contribution >= 4 is 54.7 Å². The Morgan fingerprint density at radius 2 is 0.850 bits per heavy atom. The van der Waals surface area contributed by atoms with Gasteiger partial charge in [-0.3, -0.25) is 0 Å². The molecule has 2 bridgehead atoms. The maximum absolute atomic E-state index is 5.61. The van der Waals surface area contributed by atoms with Crippen LogP contribution in [0, 0.1) is 0 Å². The van der Waals surface area contributed by atoms with Gasteiger partial charge in [-0.25, -0.2) is 0 Å². The van der Waals surface area contributed by atoms with Crippen LogP contribution in [0.5, 0.6) is 0 Å². The maximum Gasteiger partial charge on any atom is 0.147 e. The van der Waals surface area contributed by atoms with Crippen LogP contribution < -0.4 is 0 Å². The second-order valence-electron chi connectivity index (χ2n) is 5.50. The molecule has 2 aliphatic rings. The summed E-state index contributed by atoms with van der Waals surface area (Å²) >= 11 is 11.2. The summed E-state index contributed by atoms with van der Waals surface area (Å²) in [6.07, 6.45) is 10.4. The Labute approximate surface area is 141 Å². The van der Waals surface area contributed by atoms with Gasteiger partial charge in [-0.2, -0.15) is 0 Å². The van der Waals surface area contributed by atoms with Gasteiger partial charge in [0, 0.05) is 26.2 Å². The minimum atomic E-state index is 1.03. The number of hydrogen-bond acceptors (Lipinski definition) is 4. The molecule has 0 radical (unpaired) electrons. The Balaban J connectivity index is 2.07. The average Bonchev–Trinajstić information content (AvgIpc) is 2.45. The lowest BCUT2D eigenvalue weighted by atomic mass is 10.1. The van der Waals surface area contributed by atoms with Crippen molar-refractivity contribution in [3.63, 3.8) is 0 Å². The van der Waals surface area contributed by atoms with Crippen LogP contribution in [-0.4, -0.2) is 44.6 Å². The van der Waals surface area contributed by atoms with E-state index in [9.17, 15) is 0 Å². The molecule has 0 atom stereocenters. The third kappa shape index (κ3) is 5.70. The summed E-state index contributed by atoms with van der Waals surface area (Å²) in [6, 6.07) is 0. The van der Waals surface area contributed by atoms with Crippen molar-refractivity contribution in [2.75, 3.05) is 26.2 Å². The van der Waals surface area contributed by atoms with Crippen LogP contribution >= 0.6 is 46.0 Å². The summed E-state index contributed by atoms with van der Waals surface area (Å²) in [7, 11) is 3.38. The fourth-order valence-corrected chi connectivity index (χ4v) is 5.44. The van der Waals surface area contributed by atoms with Gasteiger partial charge in [0.05, 0.1) is 0 Å². The van der Waals surface area contributed by atoms with Crippen LogP contribution in [-0.2, 0) is 0 Å². The van der Waals surface area contributed by atoms with Gasteiger partial charge in [0.2, 0.25) is 0 Å². The van der Waals surface area contributed by atoms with E-state index >= 15 is 0 Å². The predicted octanol–water partition coefficient (Wildman–Crippen LogP) is 4.69. The van der Waals surface area contributed by atoms with Crippen molar-refractivity contribution < 1.29 is 0 Å². The highest BCUT2D eigenvalue weighted by Gasteiger charge is 2.17. The van der Waals surface area contributed by atoms with E-state index in [0.29, 0.717) is 0 Å². The molecule has 0 amide bonds. The Kier molecular flexibility index (Phi) is 7.99. The van der Waals surface area contributed by atoms with E-state index in [-0.39, 0.29) is 0 Å². The molecule has 0 aromatic heterocycles. The third-order valence-electron chi connectivity index (χ3n) is 3.91. The summed E-state index contributed by atoms with van der Waals surface area (Å²) in [6.45, 7) is 4.51. The Morgan fingerprint density at radius 1 is 0.550 bits per heavy atom. The molecular formula is C14H24N2S4. The molecule has 0 saturated carbocycles.